The van der Waals surface area contributed by atoms with Gasteiger partial charge in [-0.25, -0.2) is 0 Å². The normalized spacial score (nSPS) is 23.0. The Balaban J connectivity index is 1.45. The van der Waals surface area contributed by atoms with E-state index < -0.39 is 0 Å². The predicted molar refractivity (Wildman–Crippen MR) is 79.2 cm³/mol. The summed E-state index contributed by atoms with van der Waals surface area (Å²) in [5.74, 6) is 0.0261. The second-order valence-electron chi connectivity index (χ2n) is 6.15. The summed E-state index contributed by atoms with van der Waals surface area (Å²) in [7, 11) is 0. The van der Waals surface area contributed by atoms with Crippen LogP contribution in [0.25, 0.3) is 0 Å². The Morgan fingerprint density at radius 2 is 2.10 bits per heavy atom. The number of allylic oxidation sites excluding steroid dienone is 6. The number of carbonyl (C=O) groups is 1. The van der Waals surface area contributed by atoms with E-state index in [-0.39, 0.29) is 11.4 Å². The molecule has 0 aromatic carbocycles. The highest BCUT2D eigenvalue weighted by Crippen LogP contribution is 2.52. The zero-order valence-electron chi connectivity index (χ0n) is 11.5. The summed E-state index contributed by atoms with van der Waals surface area (Å²) in [6, 6.07) is 5.88. The summed E-state index contributed by atoms with van der Waals surface area (Å²) in [6.45, 7) is 0. The first-order chi connectivity index (χ1) is 10.3. The van der Waals surface area contributed by atoms with Gasteiger partial charge in [0.2, 0.25) is 0 Å². The third-order valence-electron chi connectivity index (χ3n) is 4.77. The van der Waals surface area contributed by atoms with Crippen LogP contribution in [0.1, 0.15) is 25.0 Å². The van der Waals surface area contributed by atoms with Crippen LogP contribution in [0.4, 0.5) is 0 Å². The predicted octanol–water partition coefficient (Wildman–Crippen LogP) is 2.69. The Labute approximate surface area is 122 Å². The van der Waals surface area contributed by atoms with Crippen molar-refractivity contribution in [3.63, 3.8) is 0 Å². The van der Waals surface area contributed by atoms with Gasteiger partial charge in [-0.3, -0.25) is 9.78 Å². The van der Waals surface area contributed by atoms with Crippen molar-refractivity contribution >= 4 is 5.91 Å². The van der Waals surface area contributed by atoms with Gasteiger partial charge in [-0.15, -0.1) is 0 Å². The number of nitrogens with one attached hydrogen (secondary N) is 1. The number of pyridine rings is 1. The summed E-state index contributed by atoms with van der Waals surface area (Å²) in [5, 5.41) is 3.21. The van der Waals surface area contributed by atoms with E-state index in [1.807, 2.05) is 24.3 Å². The smallest absolute Gasteiger partial charge is 0.252 e. The Morgan fingerprint density at radius 3 is 2.86 bits per heavy atom. The minimum absolute atomic E-state index is 0.0261. The number of amides is 1. The number of fused-ring (bicyclic) bond motifs is 2. The third-order valence-corrected chi connectivity index (χ3v) is 4.77. The van der Waals surface area contributed by atoms with E-state index in [1.54, 1.807) is 6.20 Å². The Morgan fingerprint density at radius 1 is 1.19 bits per heavy atom. The van der Waals surface area contributed by atoms with Crippen molar-refractivity contribution in [2.24, 2.45) is 0 Å². The molecule has 3 heteroatoms. The molecule has 0 radical (unpaired) electrons. The van der Waals surface area contributed by atoms with Crippen LogP contribution in [0.5, 0.6) is 0 Å². The van der Waals surface area contributed by atoms with Gasteiger partial charge in [0.05, 0.1) is 11.2 Å². The Kier molecular flexibility index (Phi) is 1.94. The topological polar surface area (TPSA) is 42.0 Å². The molecule has 102 valence electrons. The van der Waals surface area contributed by atoms with Gasteiger partial charge in [0.25, 0.3) is 5.91 Å². The average Bonchev–Trinajstić information content (AvgIpc) is 3.38. The van der Waals surface area contributed by atoms with Crippen molar-refractivity contribution in [3.8, 4) is 0 Å². The van der Waals surface area contributed by atoms with Crippen molar-refractivity contribution in [2.75, 3.05) is 0 Å². The lowest BCUT2D eigenvalue weighted by atomic mass is 10.1. The monoisotopic (exact) mass is 274 g/mol. The van der Waals surface area contributed by atoms with Crippen LogP contribution in [-0.2, 0) is 10.3 Å². The molecule has 1 heterocycles. The molecule has 0 unspecified atom stereocenters. The maximum absolute atomic E-state index is 12.6. The minimum Gasteiger partial charge on any atom is -0.341 e. The maximum atomic E-state index is 12.6. The summed E-state index contributed by atoms with van der Waals surface area (Å²) in [6.07, 6.45) is 11.0. The van der Waals surface area contributed by atoms with Crippen molar-refractivity contribution < 1.29 is 4.79 Å². The van der Waals surface area contributed by atoms with Gasteiger partial charge in [0.1, 0.15) is 0 Å². The van der Waals surface area contributed by atoms with Crippen LogP contribution in [0, 0.1) is 0 Å². The van der Waals surface area contributed by atoms with Crippen molar-refractivity contribution in [1.82, 2.24) is 10.3 Å². The zero-order valence-corrected chi connectivity index (χ0v) is 11.5. The average molecular weight is 274 g/mol. The minimum atomic E-state index is -0.246. The molecule has 3 nitrogen and oxygen atoms in total. The highest BCUT2D eigenvalue weighted by atomic mass is 16.2. The maximum Gasteiger partial charge on any atom is 0.252 e. The summed E-state index contributed by atoms with van der Waals surface area (Å²) in [4.78, 5) is 17.0. The van der Waals surface area contributed by atoms with E-state index in [4.69, 9.17) is 0 Å². The second-order valence-corrected chi connectivity index (χ2v) is 6.15. The van der Waals surface area contributed by atoms with E-state index in [0.29, 0.717) is 0 Å². The number of hydrogen-bond donors (Lipinski definition) is 1. The van der Waals surface area contributed by atoms with E-state index in [1.165, 1.54) is 16.7 Å². The summed E-state index contributed by atoms with van der Waals surface area (Å²) < 4.78 is 0. The number of nitrogens with zero attached hydrogens (tertiary/aromatic N) is 1. The molecule has 0 bridgehead atoms. The molecule has 4 aliphatic carbocycles. The number of carbonyl (C=O) groups excluding carboxylic acids is 1. The van der Waals surface area contributed by atoms with Crippen LogP contribution >= 0.6 is 0 Å². The molecule has 0 aliphatic heterocycles. The largest absolute Gasteiger partial charge is 0.341 e. The first kappa shape index (κ1) is 11.3. The van der Waals surface area contributed by atoms with Gasteiger partial charge < -0.3 is 5.32 Å². The number of rotatable bonds is 3. The fourth-order valence-corrected chi connectivity index (χ4v) is 3.34. The zero-order chi connectivity index (χ0) is 14.0. The second kappa shape index (κ2) is 3.61. The van der Waals surface area contributed by atoms with Gasteiger partial charge in [0, 0.05) is 11.8 Å². The molecule has 1 amide bonds. The van der Waals surface area contributed by atoms with Gasteiger partial charge in [-0.2, -0.15) is 0 Å². The Bertz CT molecular complexity index is 805. The summed E-state index contributed by atoms with van der Waals surface area (Å²) >= 11 is 0. The van der Waals surface area contributed by atoms with E-state index in [0.717, 1.165) is 36.1 Å². The van der Waals surface area contributed by atoms with E-state index in [9.17, 15) is 4.79 Å². The Hall–Kier alpha value is -2.42. The van der Waals surface area contributed by atoms with Gasteiger partial charge >= 0.3 is 0 Å². The van der Waals surface area contributed by atoms with Crippen LogP contribution in [0.3, 0.4) is 0 Å². The van der Waals surface area contributed by atoms with E-state index >= 15 is 0 Å². The van der Waals surface area contributed by atoms with E-state index in [2.05, 4.69) is 22.5 Å². The molecule has 1 aromatic heterocycles. The van der Waals surface area contributed by atoms with Crippen LogP contribution in [-0.4, -0.2) is 10.9 Å². The molecule has 2 saturated carbocycles. The molecule has 21 heavy (non-hydrogen) atoms. The van der Waals surface area contributed by atoms with Gasteiger partial charge in [-0.1, -0.05) is 12.1 Å². The number of hydrogen-bond acceptors (Lipinski definition) is 2. The fourth-order valence-electron chi connectivity index (χ4n) is 3.34. The molecule has 5 rings (SSSR count). The first-order valence-electron chi connectivity index (χ1n) is 7.38. The van der Waals surface area contributed by atoms with Gasteiger partial charge in [-0.05, 0) is 65.8 Å². The first-order valence-corrected chi connectivity index (χ1v) is 7.38. The standard InChI is InChI=1S/C18H14N2O/c21-17(13-5-4-12-14-9-11(14)10-15(12)13)20-18(6-7-18)16-3-1-2-8-19-16/h1-5,8,10H,6-7,9H2,(H,20,21). The highest BCUT2D eigenvalue weighted by molar-refractivity contribution is 6.02. The molecule has 4 aliphatic rings. The lowest BCUT2D eigenvalue weighted by Gasteiger charge is -2.17. The lowest BCUT2D eigenvalue weighted by molar-refractivity contribution is -0.118. The van der Waals surface area contributed by atoms with Crippen LogP contribution < -0.4 is 5.32 Å². The van der Waals surface area contributed by atoms with Crippen LogP contribution in [0.15, 0.2) is 70.5 Å². The SMILES string of the molecule is O=C(NC1(c2ccccn2)CC1)C1=C2C=C3CC3=C2C=C1. The molecule has 0 spiro atoms. The summed E-state index contributed by atoms with van der Waals surface area (Å²) in [5.41, 5.74) is 6.73. The molecule has 1 aromatic rings. The molecule has 0 atom stereocenters. The molecule has 1 N–H and O–H groups in total. The van der Waals surface area contributed by atoms with Crippen molar-refractivity contribution in [1.29, 1.82) is 0 Å². The fraction of sp³-hybridized carbons (Fsp3) is 0.222. The molecular weight excluding hydrogens is 260 g/mol. The lowest BCUT2D eigenvalue weighted by Crippen LogP contribution is -2.36. The molecule has 2 fully saturated rings. The highest BCUT2D eigenvalue weighted by Gasteiger charge is 2.47. The molecule has 0 saturated heterocycles. The third kappa shape index (κ3) is 1.54. The van der Waals surface area contributed by atoms with Crippen molar-refractivity contribution in [2.45, 2.75) is 24.8 Å². The number of aromatic nitrogens is 1. The van der Waals surface area contributed by atoms with Crippen LogP contribution in [0.2, 0.25) is 0 Å². The quantitative estimate of drug-likeness (QED) is 0.920. The molecular formula is C18H14N2O. The van der Waals surface area contributed by atoms with Gasteiger partial charge in [0.15, 0.2) is 0 Å². The van der Waals surface area contributed by atoms with Crippen molar-refractivity contribution in [3.05, 3.63) is 76.2 Å².